The second-order valence-electron chi connectivity index (χ2n) is 3.20. The summed E-state index contributed by atoms with van der Waals surface area (Å²) in [6.07, 6.45) is 1.45. The van der Waals surface area contributed by atoms with Crippen molar-refractivity contribution >= 4 is 17.7 Å². The van der Waals surface area contributed by atoms with Crippen LogP contribution in [0, 0.1) is 0 Å². The summed E-state index contributed by atoms with van der Waals surface area (Å²) in [5, 5.41) is 0. The molecule has 4 nitrogen and oxygen atoms in total. The van der Waals surface area contributed by atoms with Gasteiger partial charge in [-0.25, -0.2) is 4.79 Å². The van der Waals surface area contributed by atoms with Crippen LogP contribution in [0.25, 0.3) is 0 Å². The average Bonchev–Trinajstić information content (AvgIpc) is 2.67. The molecule has 0 spiro atoms. The molecule has 0 saturated carbocycles. The highest BCUT2D eigenvalue weighted by Crippen LogP contribution is 2.25. The molecule has 5 heteroatoms. The Bertz CT molecular complexity index is 452. The molecule has 1 aromatic heterocycles. The van der Waals surface area contributed by atoms with Crippen molar-refractivity contribution in [2.45, 2.75) is 18.4 Å². The highest BCUT2D eigenvalue weighted by molar-refractivity contribution is 7.98. The molecule has 1 aromatic rings. The Kier molecular flexibility index (Phi) is 2.81. The lowest BCUT2D eigenvalue weighted by Crippen LogP contribution is -2.21. The van der Waals surface area contributed by atoms with Gasteiger partial charge in [0.25, 0.3) is 0 Å². The molecule has 0 unspecified atom stereocenters. The summed E-state index contributed by atoms with van der Waals surface area (Å²) in [4.78, 5) is 26.2. The van der Waals surface area contributed by atoms with E-state index in [1.807, 2.05) is 0 Å². The summed E-state index contributed by atoms with van der Waals surface area (Å²) in [7, 11) is 0. The number of nitrogens with one attached hydrogen (secondary N) is 1. The first-order chi connectivity index (χ1) is 7.24. The minimum atomic E-state index is -0.543. The van der Waals surface area contributed by atoms with Crippen molar-refractivity contribution in [2.75, 3.05) is 6.61 Å². The van der Waals surface area contributed by atoms with Crippen LogP contribution in [0.5, 0.6) is 0 Å². The summed E-state index contributed by atoms with van der Waals surface area (Å²) in [5.41, 5.74) is 1.56. The van der Waals surface area contributed by atoms with E-state index in [1.165, 1.54) is 6.20 Å². The first-order valence-corrected chi connectivity index (χ1v) is 5.87. The van der Waals surface area contributed by atoms with E-state index < -0.39 is 5.97 Å². The van der Waals surface area contributed by atoms with Crippen molar-refractivity contribution in [3.05, 3.63) is 33.2 Å². The molecule has 0 aromatic carbocycles. The van der Waals surface area contributed by atoms with Gasteiger partial charge in [-0.1, -0.05) is 0 Å². The molecule has 1 aliphatic rings. The van der Waals surface area contributed by atoms with Gasteiger partial charge in [0.2, 0.25) is 0 Å². The van der Waals surface area contributed by atoms with E-state index in [-0.39, 0.29) is 17.6 Å². The zero-order valence-corrected chi connectivity index (χ0v) is 9.15. The zero-order chi connectivity index (χ0) is 10.8. The molecule has 0 fully saturated rings. The van der Waals surface area contributed by atoms with Gasteiger partial charge in [-0.05, 0) is 6.92 Å². The Morgan fingerprint density at radius 1 is 1.60 bits per heavy atom. The van der Waals surface area contributed by atoms with E-state index in [0.717, 1.165) is 11.4 Å². The molecular weight excluding hydrogens is 214 g/mol. The lowest BCUT2D eigenvalue weighted by Gasteiger charge is -2.03. The van der Waals surface area contributed by atoms with E-state index in [0.29, 0.717) is 11.3 Å². The molecule has 1 N–H and O–H groups in total. The van der Waals surface area contributed by atoms with E-state index in [2.05, 4.69) is 4.98 Å². The maximum Gasteiger partial charge on any atom is 0.343 e. The van der Waals surface area contributed by atoms with E-state index in [1.54, 1.807) is 18.7 Å². The quantitative estimate of drug-likeness (QED) is 0.771. The first-order valence-electron chi connectivity index (χ1n) is 4.72. The van der Waals surface area contributed by atoms with Gasteiger partial charge >= 0.3 is 5.97 Å². The lowest BCUT2D eigenvalue weighted by atomic mass is 10.1. The third kappa shape index (κ3) is 1.79. The molecule has 0 bridgehead atoms. The number of hydrogen-bond donors (Lipinski definition) is 1. The van der Waals surface area contributed by atoms with Crippen molar-refractivity contribution in [2.24, 2.45) is 0 Å². The van der Waals surface area contributed by atoms with Crippen LogP contribution >= 0.6 is 11.8 Å². The van der Waals surface area contributed by atoms with Crippen LogP contribution in [0.4, 0.5) is 0 Å². The molecule has 0 radical (unpaired) electrons. The van der Waals surface area contributed by atoms with Gasteiger partial charge in [-0.3, -0.25) is 4.79 Å². The maximum atomic E-state index is 11.8. The van der Waals surface area contributed by atoms with Crippen LogP contribution in [0.3, 0.4) is 0 Å². The molecule has 0 amide bonds. The Morgan fingerprint density at radius 3 is 3.13 bits per heavy atom. The first kappa shape index (κ1) is 10.3. The van der Waals surface area contributed by atoms with Gasteiger partial charge in [0.1, 0.15) is 5.56 Å². The number of H-pyrrole nitrogens is 1. The van der Waals surface area contributed by atoms with Crippen LogP contribution < -0.4 is 5.43 Å². The van der Waals surface area contributed by atoms with Gasteiger partial charge in [-0.15, -0.1) is 0 Å². The standard InChI is InChI=1S/C10H11NO3S/c1-2-14-10(13)6-3-11-8-5-15-4-7(8)9(6)12/h3H,2,4-5H2,1H3,(H,11,12). The normalized spacial score (nSPS) is 13.7. The van der Waals surface area contributed by atoms with Crippen molar-refractivity contribution in [3.63, 3.8) is 0 Å². The number of fused-ring (bicyclic) bond motifs is 1. The number of carbonyl (C=O) groups is 1. The Labute approximate surface area is 91.0 Å². The number of thioether (sulfide) groups is 1. The number of aromatic nitrogens is 1. The van der Waals surface area contributed by atoms with Gasteiger partial charge < -0.3 is 9.72 Å². The molecular formula is C10H11NO3S. The Morgan fingerprint density at radius 2 is 2.40 bits per heavy atom. The summed E-state index contributed by atoms with van der Waals surface area (Å²) < 4.78 is 4.80. The van der Waals surface area contributed by atoms with Crippen LogP contribution in [-0.2, 0) is 16.2 Å². The van der Waals surface area contributed by atoms with Crippen molar-refractivity contribution in [1.82, 2.24) is 4.98 Å². The van der Waals surface area contributed by atoms with E-state index in [9.17, 15) is 9.59 Å². The summed E-state index contributed by atoms with van der Waals surface area (Å²) in [5.74, 6) is 0.949. The number of hydrogen-bond acceptors (Lipinski definition) is 4. The molecule has 0 saturated heterocycles. The fraction of sp³-hybridized carbons (Fsp3) is 0.400. The highest BCUT2D eigenvalue weighted by Gasteiger charge is 2.20. The van der Waals surface area contributed by atoms with Crippen molar-refractivity contribution in [1.29, 1.82) is 0 Å². The number of pyridine rings is 1. The molecule has 2 rings (SSSR count). The smallest absolute Gasteiger partial charge is 0.343 e. The fourth-order valence-electron chi connectivity index (χ4n) is 1.51. The second-order valence-corrected chi connectivity index (χ2v) is 4.19. The second kappa shape index (κ2) is 4.10. The third-order valence-corrected chi connectivity index (χ3v) is 3.25. The van der Waals surface area contributed by atoms with Crippen molar-refractivity contribution < 1.29 is 9.53 Å². The Balaban J connectivity index is 2.43. The number of rotatable bonds is 2. The van der Waals surface area contributed by atoms with Gasteiger partial charge in [0, 0.05) is 29.0 Å². The SMILES string of the molecule is CCOC(=O)c1c[nH]c2c(c1=O)CSC2. The molecule has 2 heterocycles. The predicted molar refractivity (Wildman–Crippen MR) is 58.0 cm³/mol. The number of aromatic amines is 1. The summed E-state index contributed by atoms with van der Waals surface area (Å²) in [6, 6.07) is 0. The monoisotopic (exact) mass is 225 g/mol. The third-order valence-electron chi connectivity index (χ3n) is 2.26. The van der Waals surface area contributed by atoms with Gasteiger partial charge in [0.15, 0.2) is 5.43 Å². The predicted octanol–water partition coefficient (Wildman–Crippen LogP) is 1.30. The molecule has 1 aliphatic heterocycles. The van der Waals surface area contributed by atoms with Gasteiger partial charge in [0.05, 0.1) is 6.61 Å². The zero-order valence-electron chi connectivity index (χ0n) is 8.33. The number of ether oxygens (including phenoxy) is 1. The lowest BCUT2D eigenvalue weighted by molar-refractivity contribution is 0.0524. The maximum absolute atomic E-state index is 11.8. The van der Waals surface area contributed by atoms with E-state index in [4.69, 9.17) is 4.74 Å². The van der Waals surface area contributed by atoms with Crippen LogP contribution in [-0.4, -0.2) is 17.6 Å². The van der Waals surface area contributed by atoms with Gasteiger partial charge in [-0.2, -0.15) is 11.8 Å². The number of esters is 1. The van der Waals surface area contributed by atoms with Crippen molar-refractivity contribution in [3.8, 4) is 0 Å². The highest BCUT2D eigenvalue weighted by atomic mass is 32.2. The molecule has 0 atom stereocenters. The minimum Gasteiger partial charge on any atom is -0.462 e. The average molecular weight is 225 g/mol. The van der Waals surface area contributed by atoms with Crippen LogP contribution in [0.15, 0.2) is 11.0 Å². The largest absolute Gasteiger partial charge is 0.462 e. The fourth-order valence-corrected chi connectivity index (χ4v) is 2.58. The molecule has 80 valence electrons. The molecule has 0 aliphatic carbocycles. The van der Waals surface area contributed by atoms with Crippen LogP contribution in [0.2, 0.25) is 0 Å². The number of carbonyl (C=O) groups excluding carboxylic acids is 1. The topological polar surface area (TPSA) is 59.2 Å². The summed E-state index contributed by atoms with van der Waals surface area (Å²) >= 11 is 1.67. The minimum absolute atomic E-state index is 0.109. The van der Waals surface area contributed by atoms with E-state index >= 15 is 0 Å². The molecule has 15 heavy (non-hydrogen) atoms. The Hall–Kier alpha value is -1.23. The van der Waals surface area contributed by atoms with Crippen LogP contribution in [0.1, 0.15) is 28.5 Å². The summed E-state index contributed by atoms with van der Waals surface area (Å²) in [6.45, 7) is 2.00.